The lowest BCUT2D eigenvalue weighted by molar-refractivity contribution is -0.261. The Kier molecular flexibility index (Phi) is 7.07. The molecule has 1 aromatic carbocycles. The molecule has 2 amide bonds. The number of hydrogen-bond acceptors (Lipinski definition) is 6. The zero-order valence-electron chi connectivity index (χ0n) is 17.7. The Morgan fingerprint density at radius 2 is 2.03 bits per heavy atom. The number of alkyl halides is 3. The van der Waals surface area contributed by atoms with Crippen molar-refractivity contribution in [3.63, 3.8) is 0 Å². The van der Waals surface area contributed by atoms with Crippen LogP contribution in [0.1, 0.15) is 35.3 Å². The van der Waals surface area contributed by atoms with E-state index < -0.39 is 72.6 Å². The fourth-order valence-corrected chi connectivity index (χ4v) is 3.62. The Bertz CT molecular complexity index is 1100. The number of nitrogens with zero attached hydrogens (tertiary/aromatic N) is 1. The van der Waals surface area contributed by atoms with Gasteiger partial charge in [-0.05, 0) is 31.5 Å². The van der Waals surface area contributed by atoms with Crippen LogP contribution in [0.25, 0.3) is 0 Å². The van der Waals surface area contributed by atoms with Gasteiger partial charge in [-0.15, -0.1) is 0 Å². The van der Waals surface area contributed by atoms with Crippen molar-refractivity contribution < 1.29 is 46.1 Å². The van der Waals surface area contributed by atoms with Gasteiger partial charge < -0.3 is 25.6 Å². The molecule has 1 aliphatic heterocycles. The minimum atomic E-state index is -4.90. The number of pyridine rings is 1. The number of rotatable bonds is 7. The van der Waals surface area contributed by atoms with E-state index in [4.69, 9.17) is 20.3 Å². The summed E-state index contributed by atoms with van der Waals surface area (Å²) in [5.74, 6) is -6.89. The highest BCUT2D eigenvalue weighted by atomic mass is 19.4. The van der Waals surface area contributed by atoms with Crippen LogP contribution in [0.4, 0.5) is 27.6 Å². The topological polar surface area (TPSA) is 124 Å². The third-order valence-corrected chi connectivity index (χ3v) is 5.32. The molecule has 1 fully saturated rings. The van der Waals surface area contributed by atoms with E-state index in [1.54, 1.807) is 0 Å². The Hall–Kier alpha value is -3.32. The van der Waals surface area contributed by atoms with Crippen LogP contribution < -0.4 is 15.8 Å². The van der Waals surface area contributed by atoms with E-state index >= 15 is 0 Å². The molecule has 1 saturated heterocycles. The Balaban J connectivity index is 2.02. The van der Waals surface area contributed by atoms with Crippen LogP contribution in [0.2, 0.25) is 0 Å². The SMILES string of the molecule is C[C@@]1(C(F)(F)F)C[C@H](c2ccc(F)c(F)c2OCCO)[C@@H](C(=O)Nc2ccnc(C(N)=O)c2)O1. The summed E-state index contributed by atoms with van der Waals surface area (Å²) in [6.45, 7) is -0.314. The van der Waals surface area contributed by atoms with Crippen molar-refractivity contribution >= 4 is 17.5 Å². The van der Waals surface area contributed by atoms with Crippen molar-refractivity contribution in [2.75, 3.05) is 18.5 Å². The van der Waals surface area contributed by atoms with Crippen LogP contribution in [0.5, 0.6) is 5.75 Å². The maximum Gasteiger partial charge on any atom is 0.417 e. The molecule has 0 radical (unpaired) electrons. The maximum atomic E-state index is 14.5. The maximum absolute atomic E-state index is 14.5. The fraction of sp³-hybridized carbons (Fsp3) is 0.381. The molecule has 2 heterocycles. The van der Waals surface area contributed by atoms with Gasteiger partial charge in [0, 0.05) is 23.4 Å². The van der Waals surface area contributed by atoms with Gasteiger partial charge in [0.15, 0.2) is 17.2 Å². The third-order valence-electron chi connectivity index (χ3n) is 5.32. The van der Waals surface area contributed by atoms with E-state index in [2.05, 4.69) is 10.3 Å². The highest BCUT2D eigenvalue weighted by Crippen LogP contribution is 2.51. The van der Waals surface area contributed by atoms with Gasteiger partial charge in [0.1, 0.15) is 18.4 Å². The third kappa shape index (κ3) is 4.94. The molecular weight excluding hydrogens is 469 g/mol. The summed E-state index contributed by atoms with van der Waals surface area (Å²) in [5.41, 5.74) is 1.89. The molecular formula is C21H20F5N3O5. The number of carbonyl (C=O) groups is 2. The van der Waals surface area contributed by atoms with Gasteiger partial charge in [-0.25, -0.2) is 4.39 Å². The van der Waals surface area contributed by atoms with Gasteiger partial charge in [-0.3, -0.25) is 14.6 Å². The number of nitrogens with two attached hydrogens (primary N) is 1. The summed E-state index contributed by atoms with van der Waals surface area (Å²) in [6.07, 6.45) is -6.37. The van der Waals surface area contributed by atoms with Crippen LogP contribution in [0.15, 0.2) is 30.5 Å². The summed E-state index contributed by atoms with van der Waals surface area (Å²) in [5, 5.41) is 11.3. The van der Waals surface area contributed by atoms with Crippen molar-refractivity contribution in [1.29, 1.82) is 0 Å². The number of amides is 2. The minimum absolute atomic E-state index is 0.00111. The van der Waals surface area contributed by atoms with Crippen LogP contribution in [-0.2, 0) is 9.53 Å². The molecule has 3 rings (SSSR count). The van der Waals surface area contributed by atoms with E-state index in [1.807, 2.05) is 0 Å². The molecule has 34 heavy (non-hydrogen) atoms. The molecule has 1 aromatic heterocycles. The van der Waals surface area contributed by atoms with Gasteiger partial charge in [0.05, 0.1) is 6.61 Å². The monoisotopic (exact) mass is 489 g/mol. The Labute approximate surface area is 189 Å². The Morgan fingerprint density at radius 1 is 1.32 bits per heavy atom. The molecule has 4 N–H and O–H groups in total. The Morgan fingerprint density at radius 3 is 2.65 bits per heavy atom. The predicted octanol–water partition coefficient (Wildman–Crippen LogP) is 2.66. The van der Waals surface area contributed by atoms with Crippen LogP contribution in [0.3, 0.4) is 0 Å². The number of nitrogens with one attached hydrogen (secondary N) is 1. The normalized spacial score (nSPS) is 22.4. The molecule has 0 unspecified atom stereocenters. The first-order valence-corrected chi connectivity index (χ1v) is 9.91. The molecule has 0 bridgehead atoms. The number of hydrogen-bond donors (Lipinski definition) is 3. The highest BCUT2D eigenvalue weighted by Gasteiger charge is 2.61. The first-order chi connectivity index (χ1) is 15.9. The first-order valence-electron chi connectivity index (χ1n) is 9.91. The minimum Gasteiger partial charge on any atom is -0.488 e. The van der Waals surface area contributed by atoms with Gasteiger partial charge in [-0.1, -0.05) is 6.07 Å². The summed E-state index contributed by atoms with van der Waals surface area (Å²) in [6, 6.07) is 4.07. The number of anilines is 1. The van der Waals surface area contributed by atoms with Gasteiger partial charge in [-0.2, -0.15) is 17.6 Å². The zero-order valence-corrected chi connectivity index (χ0v) is 17.7. The van der Waals surface area contributed by atoms with Crippen LogP contribution >= 0.6 is 0 Å². The van der Waals surface area contributed by atoms with Crippen molar-refractivity contribution in [3.05, 3.63) is 53.4 Å². The molecule has 1 aliphatic rings. The summed E-state index contributed by atoms with van der Waals surface area (Å²) < 4.78 is 79.8. The summed E-state index contributed by atoms with van der Waals surface area (Å²) in [4.78, 5) is 28.0. The van der Waals surface area contributed by atoms with Crippen LogP contribution in [-0.4, -0.2) is 53.0 Å². The highest BCUT2D eigenvalue weighted by molar-refractivity contribution is 5.97. The molecule has 3 atom stereocenters. The molecule has 0 spiro atoms. The number of primary amides is 1. The second-order valence-corrected chi connectivity index (χ2v) is 7.71. The standard InChI is InChI=1S/C21H20F5N3O5/c1-20(21(24,25)26)9-12(11-2-3-13(22)15(23)16(11)33-7-6-30)17(34-20)19(32)29-10-4-5-28-14(8-10)18(27)31/h2-5,8,12,17,30H,6-7,9H2,1H3,(H2,27,31)(H,28,29,32)/t12-,17+,20+/m1/s1. The predicted molar refractivity (Wildman–Crippen MR) is 107 cm³/mol. The number of carbonyl (C=O) groups excluding carboxylic acids is 2. The van der Waals surface area contributed by atoms with Gasteiger partial charge in [0.2, 0.25) is 5.82 Å². The van der Waals surface area contributed by atoms with Crippen LogP contribution in [0, 0.1) is 11.6 Å². The lowest BCUT2D eigenvalue weighted by Crippen LogP contribution is -2.43. The number of aliphatic hydroxyl groups is 1. The summed E-state index contributed by atoms with van der Waals surface area (Å²) >= 11 is 0. The molecule has 13 heteroatoms. The first kappa shape index (κ1) is 25.3. The number of halogens is 5. The quantitative estimate of drug-likeness (QED) is 0.514. The smallest absolute Gasteiger partial charge is 0.417 e. The molecule has 184 valence electrons. The molecule has 2 aromatic rings. The zero-order chi connectivity index (χ0) is 25.3. The van der Waals surface area contributed by atoms with Gasteiger partial charge >= 0.3 is 6.18 Å². The van der Waals surface area contributed by atoms with Gasteiger partial charge in [0.25, 0.3) is 11.8 Å². The van der Waals surface area contributed by atoms with Crippen molar-refractivity contribution in [2.24, 2.45) is 5.73 Å². The number of aromatic nitrogens is 1. The van der Waals surface area contributed by atoms with E-state index in [0.717, 1.165) is 25.3 Å². The van der Waals surface area contributed by atoms with Crippen molar-refractivity contribution in [3.8, 4) is 5.75 Å². The summed E-state index contributed by atoms with van der Waals surface area (Å²) in [7, 11) is 0. The van der Waals surface area contributed by atoms with E-state index in [1.165, 1.54) is 6.07 Å². The average molecular weight is 489 g/mol. The fourth-order valence-electron chi connectivity index (χ4n) is 3.62. The number of aliphatic hydroxyl groups excluding tert-OH is 1. The van der Waals surface area contributed by atoms with E-state index in [-0.39, 0.29) is 16.9 Å². The van der Waals surface area contributed by atoms with E-state index in [0.29, 0.717) is 6.07 Å². The number of ether oxygens (including phenoxy) is 2. The largest absolute Gasteiger partial charge is 0.488 e. The molecule has 8 nitrogen and oxygen atoms in total. The van der Waals surface area contributed by atoms with Crippen molar-refractivity contribution in [2.45, 2.75) is 37.1 Å². The second kappa shape index (κ2) is 9.50. The molecule has 0 saturated carbocycles. The average Bonchev–Trinajstić information content (AvgIpc) is 3.14. The lowest BCUT2D eigenvalue weighted by Gasteiger charge is -2.27. The van der Waals surface area contributed by atoms with E-state index in [9.17, 15) is 31.5 Å². The molecule has 0 aliphatic carbocycles. The second-order valence-electron chi connectivity index (χ2n) is 7.71. The number of benzene rings is 1. The van der Waals surface area contributed by atoms with Crippen molar-refractivity contribution in [1.82, 2.24) is 4.98 Å². The lowest BCUT2D eigenvalue weighted by atomic mass is 9.85.